The number of halogens is 1. The van der Waals surface area contributed by atoms with Crippen LogP contribution in [0.15, 0.2) is 29.4 Å². The molecular weight excluding hydrogens is 338 g/mol. The topological polar surface area (TPSA) is 70.6 Å². The smallest absolute Gasteiger partial charge is 0.259 e. The molecule has 25 heavy (non-hydrogen) atoms. The van der Waals surface area contributed by atoms with E-state index in [2.05, 4.69) is 22.8 Å². The van der Waals surface area contributed by atoms with Gasteiger partial charge in [-0.2, -0.15) is 5.10 Å². The van der Waals surface area contributed by atoms with E-state index in [1.807, 2.05) is 12.1 Å². The maximum atomic E-state index is 11.7. The number of carbonyl (C=O) groups excluding carboxylic acids is 2. The van der Waals surface area contributed by atoms with Gasteiger partial charge in [-0.3, -0.25) is 9.59 Å². The fraction of sp³-hybridized carbons (Fsp3) is 0.526. The molecule has 0 spiro atoms. The minimum atomic E-state index is -0.365. The van der Waals surface area contributed by atoms with Crippen molar-refractivity contribution in [1.29, 1.82) is 0 Å². The van der Waals surface area contributed by atoms with Gasteiger partial charge in [-0.25, -0.2) is 5.43 Å². The van der Waals surface area contributed by atoms with Crippen LogP contribution in [0.25, 0.3) is 0 Å². The fourth-order valence-corrected chi connectivity index (χ4v) is 2.49. The van der Waals surface area contributed by atoms with E-state index in [4.69, 9.17) is 11.6 Å². The molecule has 1 aromatic carbocycles. The number of nitrogens with one attached hydrogen (secondary N) is 2. The summed E-state index contributed by atoms with van der Waals surface area (Å²) in [6, 6.07) is 7.19. The van der Waals surface area contributed by atoms with Crippen LogP contribution < -0.4 is 10.7 Å². The Kier molecular flexibility index (Phi) is 11.4. The molecule has 2 amide bonds. The lowest BCUT2D eigenvalue weighted by molar-refractivity contribution is -0.126. The number of hydrogen-bond donors (Lipinski definition) is 2. The normalized spacial score (nSPS) is 10.8. The van der Waals surface area contributed by atoms with E-state index in [1.54, 1.807) is 12.1 Å². The fourth-order valence-electron chi connectivity index (χ4n) is 2.30. The van der Waals surface area contributed by atoms with E-state index in [1.165, 1.54) is 38.3 Å². The van der Waals surface area contributed by atoms with Gasteiger partial charge in [0, 0.05) is 17.0 Å². The van der Waals surface area contributed by atoms with Crippen LogP contribution in [-0.4, -0.2) is 24.6 Å². The Labute approximate surface area is 155 Å². The van der Waals surface area contributed by atoms with Gasteiger partial charge in [0.1, 0.15) is 0 Å². The van der Waals surface area contributed by atoms with Crippen molar-refractivity contribution in [3.8, 4) is 0 Å². The van der Waals surface area contributed by atoms with Crippen LogP contribution >= 0.6 is 11.6 Å². The molecule has 0 fully saturated rings. The highest BCUT2D eigenvalue weighted by Gasteiger charge is 2.04. The average Bonchev–Trinajstić information content (AvgIpc) is 2.61. The second-order valence-electron chi connectivity index (χ2n) is 5.96. The lowest BCUT2D eigenvalue weighted by Gasteiger charge is -2.04. The molecule has 138 valence electrons. The molecule has 1 aromatic rings. The first-order valence-electron chi connectivity index (χ1n) is 8.96. The highest BCUT2D eigenvalue weighted by Crippen LogP contribution is 2.12. The second kappa shape index (κ2) is 13.4. The lowest BCUT2D eigenvalue weighted by atomic mass is 10.1. The quantitative estimate of drug-likeness (QED) is 0.333. The highest BCUT2D eigenvalue weighted by atomic mass is 35.5. The van der Waals surface area contributed by atoms with Gasteiger partial charge in [-0.05, 0) is 12.5 Å². The van der Waals surface area contributed by atoms with Crippen molar-refractivity contribution in [3.05, 3.63) is 34.9 Å². The second-order valence-corrected chi connectivity index (χ2v) is 6.37. The molecule has 0 saturated carbocycles. The summed E-state index contributed by atoms with van der Waals surface area (Å²) in [5.41, 5.74) is 3.08. The minimum absolute atomic E-state index is 0.0742. The summed E-state index contributed by atoms with van der Waals surface area (Å²) in [6.45, 7) is 2.12. The molecule has 0 aliphatic rings. The van der Waals surface area contributed by atoms with Crippen LogP contribution in [0.5, 0.6) is 0 Å². The zero-order valence-electron chi connectivity index (χ0n) is 14.9. The molecule has 0 aliphatic carbocycles. The Balaban J connectivity index is 2.09. The van der Waals surface area contributed by atoms with E-state index in [0.29, 0.717) is 17.0 Å². The number of amides is 2. The highest BCUT2D eigenvalue weighted by molar-refractivity contribution is 6.33. The SMILES string of the molecule is CCCCCCCCCC(=O)NCC(=O)N/N=C\c1ccccc1Cl. The number of hydrogen-bond acceptors (Lipinski definition) is 3. The molecule has 0 unspecified atom stereocenters. The summed E-state index contributed by atoms with van der Waals surface area (Å²) in [6.07, 6.45) is 10.1. The van der Waals surface area contributed by atoms with Crippen LogP contribution in [0.3, 0.4) is 0 Å². The molecule has 2 N–H and O–H groups in total. The van der Waals surface area contributed by atoms with Crippen molar-refractivity contribution in [2.75, 3.05) is 6.54 Å². The van der Waals surface area contributed by atoms with Crippen molar-refractivity contribution in [2.45, 2.75) is 58.3 Å². The Morgan fingerprint density at radius 1 is 1.04 bits per heavy atom. The zero-order valence-corrected chi connectivity index (χ0v) is 15.6. The van der Waals surface area contributed by atoms with Gasteiger partial charge in [-0.1, -0.05) is 75.2 Å². The number of carbonyl (C=O) groups is 2. The first kappa shape index (κ1) is 21.2. The molecule has 0 aromatic heterocycles. The third kappa shape index (κ3) is 10.6. The van der Waals surface area contributed by atoms with E-state index >= 15 is 0 Å². The maximum absolute atomic E-state index is 11.7. The Morgan fingerprint density at radius 3 is 2.44 bits per heavy atom. The van der Waals surface area contributed by atoms with Crippen molar-refractivity contribution < 1.29 is 9.59 Å². The molecular formula is C19H28ClN3O2. The zero-order chi connectivity index (χ0) is 18.3. The molecule has 0 saturated heterocycles. The number of benzene rings is 1. The van der Waals surface area contributed by atoms with Crippen molar-refractivity contribution in [2.24, 2.45) is 5.10 Å². The molecule has 0 radical (unpaired) electrons. The van der Waals surface area contributed by atoms with E-state index in [9.17, 15) is 9.59 Å². The van der Waals surface area contributed by atoms with Crippen molar-refractivity contribution in [1.82, 2.24) is 10.7 Å². The van der Waals surface area contributed by atoms with Crippen molar-refractivity contribution >= 4 is 29.6 Å². The summed E-state index contributed by atoms with van der Waals surface area (Å²) in [5, 5.41) is 6.99. The Bertz CT molecular complexity index is 561. The molecule has 0 aliphatic heterocycles. The van der Waals surface area contributed by atoms with E-state index in [-0.39, 0.29) is 18.4 Å². The molecule has 0 bridgehead atoms. The first-order valence-corrected chi connectivity index (χ1v) is 9.34. The monoisotopic (exact) mass is 365 g/mol. The van der Waals surface area contributed by atoms with Gasteiger partial charge in [0.05, 0.1) is 12.8 Å². The van der Waals surface area contributed by atoms with Crippen LogP contribution in [0.2, 0.25) is 5.02 Å². The molecule has 0 heterocycles. The number of nitrogens with zero attached hydrogens (tertiary/aromatic N) is 1. The van der Waals surface area contributed by atoms with Gasteiger partial charge < -0.3 is 5.32 Å². The summed E-state index contributed by atoms with van der Waals surface area (Å²) < 4.78 is 0. The van der Waals surface area contributed by atoms with Gasteiger partial charge >= 0.3 is 0 Å². The lowest BCUT2D eigenvalue weighted by Crippen LogP contribution is -2.34. The van der Waals surface area contributed by atoms with Gasteiger partial charge in [0.15, 0.2) is 0 Å². The van der Waals surface area contributed by atoms with E-state index in [0.717, 1.165) is 12.8 Å². The first-order chi connectivity index (χ1) is 12.1. The van der Waals surface area contributed by atoms with Crippen LogP contribution in [0, 0.1) is 0 Å². The van der Waals surface area contributed by atoms with E-state index < -0.39 is 0 Å². The Morgan fingerprint density at radius 2 is 1.72 bits per heavy atom. The van der Waals surface area contributed by atoms with Gasteiger partial charge in [-0.15, -0.1) is 0 Å². The maximum Gasteiger partial charge on any atom is 0.259 e. The number of unbranched alkanes of at least 4 members (excludes halogenated alkanes) is 6. The average molecular weight is 366 g/mol. The molecule has 0 atom stereocenters. The predicted octanol–water partition coefficient (Wildman–Crippen LogP) is 4.05. The van der Waals surface area contributed by atoms with Crippen LogP contribution in [0.4, 0.5) is 0 Å². The summed E-state index contributed by atoms with van der Waals surface area (Å²) in [5.74, 6) is -0.463. The minimum Gasteiger partial charge on any atom is -0.347 e. The van der Waals surface area contributed by atoms with Crippen LogP contribution in [0.1, 0.15) is 63.9 Å². The van der Waals surface area contributed by atoms with Crippen LogP contribution in [-0.2, 0) is 9.59 Å². The standard InChI is InChI=1S/C19H28ClN3O2/c1-2-3-4-5-6-7-8-13-18(24)21-15-19(25)23-22-14-16-11-9-10-12-17(16)20/h9-12,14H,2-8,13,15H2,1H3,(H,21,24)(H,23,25)/b22-14-. The number of rotatable bonds is 12. The van der Waals surface area contributed by atoms with Gasteiger partial charge in [0.2, 0.25) is 5.91 Å². The third-order valence-corrected chi connectivity index (χ3v) is 4.10. The number of hydrazone groups is 1. The summed E-state index contributed by atoms with van der Waals surface area (Å²) in [7, 11) is 0. The molecule has 5 nitrogen and oxygen atoms in total. The molecule has 6 heteroatoms. The predicted molar refractivity (Wildman–Crippen MR) is 103 cm³/mol. The summed E-state index contributed by atoms with van der Waals surface area (Å²) in [4.78, 5) is 23.3. The van der Waals surface area contributed by atoms with Gasteiger partial charge in [0.25, 0.3) is 5.91 Å². The van der Waals surface area contributed by atoms with Crippen molar-refractivity contribution in [3.63, 3.8) is 0 Å². The largest absolute Gasteiger partial charge is 0.347 e. The summed E-state index contributed by atoms with van der Waals surface area (Å²) >= 11 is 5.98. The third-order valence-electron chi connectivity index (χ3n) is 3.75. The molecule has 1 rings (SSSR count). The Hall–Kier alpha value is -1.88.